The van der Waals surface area contributed by atoms with E-state index in [0.29, 0.717) is 6.54 Å². The van der Waals surface area contributed by atoms with Crippen LogP contribution in [0.3, 0.4) is 0 Å². The van der Waals surface area contributed by atoms with E-state index in [4.69, 9.17) is 0 Å². The third-order valence-electron chi connectivity index (χ3n) is 1.64. The molecule has 0 saturated carbocycles. The predicted octanol–water partition coefficient (Wildman–Crippen LogP) is 1.35. The van der Waals surface area contributed by atoms with Crippen LogP contribution in [0.15, 0.2) is 0 Å². The van der Waals surface area contributed by atoms with Gasteiger partial charge in [-0.05, 0) is 6.92 Å². The molecule has 0 bridgehead atoms. The molecule has 2 atom stereocenters. The van der Waals surface area contributed by atoms with E-state index >= 15 is 0 Å². The molecule has 74 valence electrons. The fourth-order valence-electron chi connectivity index (χ4n) is 1.10. The number of ether oxygens (including phenoxy) is 1. The Labute approximate surface area is 74.9 Å². The summed E-state index contributed by atoms with van der Waals surface area (Å²) in [5.74, 6) is 0. The molecule has 0 aromatic carbocycles. The minimum atomic E-state index is -4.24. The van der Waals surface area contributed by atoms with Crippen LogP contribution >= 0.6 is 12.4 Å². The number of morpholine rings is 1. The molecule has 0 aromatic heterocycles. The number of rotatable bonds is 0. The highest BCUT2D eigenvalue weighted by molar-refractivity contribution is 5.85. The van der Waals surface area contributed by atoms with Gasteiger partial charge < -0.3 is 10.1 Å². The molecule has 0 aromatic rings. The summed E-state index contributed by atoms with van der Waals surface area (Å²) in [5, 5.41) is 2.69. The summed E-state index contributed by atoms with van der Waals surface area (Å²) in [5.41, 5.74) is 0. The van der Waals surface area contributed by atoms with E-state index in [1.54, 1.807) is 0 Å². The Morgan fingerprint density at radius 3 is 2.33 bits per heavy atom. The molecule has 1 saturated heterocycles. The molecule has 1 rings (SSSR count). The standard InChI is InChI=1S/C6H10F3NO.ClH/c1-4-5(6(7,8)9)11-3-2-10-4;/h4-5,10H,2-3H2,1H3;1H/t4-,5-;/m1./s1. The molecule has 0 aliphatic carbocycles. The van der Waals surface area contributed by atoms with E-state index < -0.39 is 18.3 Å². The van der Waals surface area contributed by atoms with Gasteiger partial charge in [-0.15, -0.1) is 12.4 Å². The van der Waals surface area contributed by atoms with Gasteiger partial charge in [0.15, 0.2) is 6.10 Å². The zero-order valence-electron chi connectivity index (χ0n) is 6.52. The molecular formula is C6H11ClF3NO. The quantitative estimate of drug-likeness (QED) is 0.645. The normalized spacial score (nSPS) is 31.0. The lowest BCUT2D eigenvalue weighted by molar-refractivity contribution is -0.235. The van der Waals surface area contributed by atoms with Crippen molar-refractivity contribution in [3.8, 4) is 0 Å². The van der Waals surface area contributed by atoms with Gasteiger partial charge in [-0.2, -0.15) is 13.2 Å². The monoisotopic (exact) mass is 205 g/mol. The van der Waals surface area contributed by atoms with Crippen molar-refractivity contribution in [1.29, 1.82) is 0 Å². The van der Waals surface area contributed by atoms with Crippen LogP contribution in [0, 0.1) is 0 Å². The summed E-state index contributed by atoms with van der Waals surface area (Å²) in [6.45, 7) is 2.10. The summed E-state index contributed by atoms with van der Waals surface area (Å²) >= 11 is 0. The third-order valence-corrected chi connectivity index (χ3v) is 1.64. The summed E-state index contributed by atoms with van der Waals surface area (Å²) in [4.78, 5) is 0. The van der Waals surface area contributed by atoms with E-state index in [9.17, 15) is 13.2 Å². The molecule has 0 amide bonds. The highest BCUT2D eigenvalue weighted by atomic mass is 35.5. The van der Waals surface area contributed by atoms with Gasteiger partial charge in [0.2, 0.25) is 0 Å². The van der Waals surface area contributed by atoms with Gasteiger partial charge in [-0.25, -0.2) is 0 Å². The average Bonchev–Trinajstić information content (AvgIpc) is 1.86. The van der Waals surface area contributed by atoms with Crippen LogP contribution in [0.25, 0.3) is 0 Å². The molecule has 1 aliphatic rings. The molecule has 1 heterocycles. The second kappa shape index (κ2) is 4.30. The first-order chi connectivity index (χ1) is 5.02. The minimum absolute atomic E-state index is 0. The largest absolute Gasteiger partial charge is 0.416 e. The Morgan fingerprint density at radius 1 is 1.42 bits per heavy atom. The number of hydrogen-bond donors (Lipinski definition) is 1. The zero-order valence-corrected chi connectivity index (χ0v) is 7.34. The van der Waals surface area contributed by atoms with E-state index in [0.717, 1.165) is 0 Å². The van der Waals surface area contributed by atoms with Gasteiger partial charge in [0.05, 0.1) is 6.61 Å². The molecule has 0 unspecified atom stereocenters. The summed E-state index contributed by atoms with van der Waals surface area (Å²) < 4.78 is 40.6. The Morgan fingerprint density at radius 2 is 2.00 bits per heavy atom. The average molecular weight is 206 g/mol. The second-order valence-electron chi connectivity index (χ2n) is 2.58. The van der Waals surface area contributed by atoms with Gasteiger partial charge >= 0.3 is 6.18 Å². The van der Waals surface area contributed by atoms with E-state index in [2.05, 4.69) is 10.1 Å². The van der Waals surface area contributed by atoms with Crippen LogP contribution in [0.5, 0.6) is 0 Å². The van der Waals surface area contributed by atoms with Crippen molar-refractivity contribution in [1.82, 2.24) is 5.32 Å². The molecule has 1 fully saturated rings. The maximum Gasteiger partial charge on any atom is 0.416 e. The first-order valence-electron chi connectivity index (χ1n) is 3.43. The zero-order chi connectivity index (χ0) is 8.48. The van der Waals surface area contributed by atoms with Crippen molar-refractivity contribution in [2.24, 2.45) is 0 Å². The van der Waals surface area contributed by atoms with Crippen LogP contribution < -0.4 is 5.32 Å². The maximum absolute atomic E-state index is 12.0. The molecule has 12 heavy (non-hydrogen) atoms. The van der Waals surface area contributed by atoms with Crippen molar-refractivity contribution >= 4 is 12.4 Å². The topological polar surface area (TPSA) is 21.3 Å². The molecule has 6 heteroatoms. The van der Waals surface area contributed by atoms with Crippen LogP contribution in [0.4, 0.5) is 13.2 Å². The lowest BCUT2D eigenvalue weighted by Crippen LogP contribution is -2.53. The van der Waals surface area contributed by atoms with Crippen LogP contribution in [-0.2, 0) is 4.74 Å². The lowest BCUT2D eigenvalue weighted by atomic mass is 10.1. The molecule has 0 radical (unpaired) electrons. The van der Waals surface area contributed by atoms with Crippen molar-refractivity contribution in [2.75, 3.05) is 13.2 Å². The van der Waals surface area contributed by atoms with Gasteiger partial charge in [0.1, 0.15) is 0 Å². The smallest absolute Gasteiger partial charge is 0.366 e. The molecule has 2 nitrogen and oxygen atoms in total. The molecule has 0 spiro atoms. The summed E-state index contributed by atoms with van der Waals surface area (Å²) in [6.07, 6.45) is -5.89. The Bertz CT molecular complexity index is 141. The Kier molecular flexibility index (Phi) is 4.30. The fraction of sp³-hybridized carbons (Fsp3) is 1.00. The predicted molar refractivity (Wildman–Crippen MR) is 40.5 cm³/mol. The third kappa shape index (κ3) is 2.80. The van der Waals surface area contributed by atoms with Gasteiger partial charge in [-0.1, -0.05) is 0 Å². The number of alkyl halides is 3. The van der Waals surface area contributed by atoms with Crippen LogP contribution in [0.1, 0.15) is 6.92 Å². The van der Waals surface area contributed by atoms with E-state index in [1.165, 1.54) is 6.92 Å². The SMILES string of the molecule is C[C@H]1NCCO[C@H]1C(F)(F)F.Cl. The first kappa shape index (κ1) is 12.0. The number of halogens is 4. The molecule has 1 aliphatic heterocycles. The highest BCUT2D eigenvalue weighted by Gasteiger charge is 2.45. The lowest BCUT2D eigenvalue weighted by Gasteiger charge is -2.31. The van der Waals surface area contributed by atoms with Crippen molar-refractivity contribution in [3.05, 3.63) is 0 Å². The highest BCUT2D eigenvalue weighted by Crippen LogP contribution is 2.26. The van der Waals surface area contributed by atoms with E-state index in [1.807, 2.05) is 0 Å². The van der Waals surface area contributed by atoms with Crippen molar-refractivity contribution < 1.29 is 17.9 Å². The van der Waals surface area contributed by atoms with Crippen molar-refractivity contribution in [2.45, 2.75) is 25.2 Å². The fourth-order valence-corrected chi connectivity index (χ4v) is 1.10. The second-order valence-corrected chi connectivity index (χ2v) is 2.58. The first-order valence-corrected chi connectivity index (χ1v) is 3.43. The van der Waals surface area contributed by atoms with Gasteiger partial charge in [-0.3, -0.25) is 0 Å². The number of nitrogens with one attached hydrogen (secondary N) is 1. The molecule has 1 N–H and O–H groups in total. The van der Waals surface area contributed by atoms with Gasteiger partial charge in [0.25, 0.3) is 0 Å². The summed E-state index contributed by atoms with van der Waals surface area (Å²) in [7, 11) is 0. The maximum atomic E-state index is 12.0. The number of hydrogen-bond acceptors (Lipinski definition) is 2. The Hall–Kier alpha value is -0.0000000000000000555. The van der Waals surface area contributed by atoms with E-state index in [-0.39, 0.29) is 19.0 Å². The van der Waals surface area contributed by atoms with Crippen molar-refractivity contribution in [3.63, 3.8) is 0 Å². The minimum Gasteiger partial charge on any atom is -0.366 e. The Balaban J connectivity index is 0.00000121. The summed E-state index contributed by atoms with van der Waals surface area (Å²) in [6, 6.07) is -0.635. The molecular weight excluding hydrogens is 195 g/mol. The van der Waals surface area contributed by atoms with Crippen LogP contribution in [0.2, 0.25) is 0 Å². The van der Waals surface area contributed by atoms with Crippen LogP contribution in [-0.4, -0.2) is 31.5 Å². The van der Waals surface area contributed by atoms with Gasteiger partial charge in [0, 0.05) is 12.6 Å².